The topological polar surface area (TPSA) is 75.7 Å². The van der Waals surface area contributed by atoms with E-state index in [2.05, 4.69) is 5.32 Å². The minimum atomic E-state index is -0.689. The first-order valence-electron chi connectivity index (χ1n) is 7.70. The summed E-state index contributed by atoms with van der Waals surface area (Å²) in [5.41, 5.74) is 0.442. The number of nitrogens with one attached hydrogen (secondary N) is 1. The van der Waals surface area contributed by atoms with Crippen LogP contribution in [0.1, 0.15) is 16.8 Å². The zero-order valence-corrected chi connectivity index (χ0v) is 16.5. The third-order valence-corrected chi connectivity index (χ3v) is 5.09. The number of amides is 2. The van der Waals surface area contributed by atoms with E-state index in [-0.39, 0.29) is 17.6 Å². The fraction of sp³-hybridized carbons (Fsp3) is 0.471. The zero-order chi connectivity index (χ0) is 18.8. The standard InChI is InChI=1S/C17H24N2O4S2/c1-19(2)15(20)11-25-14-8-6-5-7-12(14)16(21)18-13(9-10-24-4)17(22)23-3/h5-8,13H,9-11H2,1-4H3,(H,18,21)/t13-/m1/s1. The summed E-state index contributed by atoms with van der Waals surface area (Å²) in [6, 6.07) is 6.34. The lowest BCUT2D eigenvalue weighted by Gasteiger charge is -2.17. The van der Waals surface area contributed by atoms with Crippen molar-refractivity contribution in [3.05, 3.63) is 29.8 Å². The van der Waals surface area contributed by atoms with Crippen molar-refractivity contribution in [3.63, 3.8) is 0 Å². The Balaban J connectivity index is 2.86. The predicted octanol–water partition coefficient (Wildman–Crippen LogP) is 1.89. The molecule has 0 aliphatic rings. The van der Waals surface area contributed by atoms with Gasteiger partial charge in [0.1, 0.15) is 6.04 Å². The number of benzene rings is 1. The highest BCUT2D eigenvalue weighted by atomic mass is 32.2. The molecule has 1 aromatic rings. The molecule has 0 saturated heterocycles. The summed E-state index contributed by atoms with van der Waals surface area (Å²) in [6.45, 7) is 0. The lowest BCUT2D eigenvalue weighted by molar-refractivity contribution is -0.142. The van der Waals surface area contributed by atoms with Crippen LogP contribution in [0.5, 0.6) is 0 Å². The van der Waals surface area contributed by atoms with E-state index < -0.39 is 12.0 Å². The number of hydrogen-bond donors (Lipinski definition) is 1. The van der Waals surface area contributed by atoms with Crippen molar-refractivity contribution in [2.45, 2.75) is 17.4 Å². The fourth-order valence-corrected chi connectivity index (χ4v) is 3.41. The number of rotatable bonds is 9. The van der Waals surface area contributed by atoms with Crippen molar-refractivity contribution in [3.8, 4) is 0 Å². The van der Waals surface area contributed by atoms with Crippen molar-refractivity contribution in [2.24, 2.45) is 0 Å². The van der Waals surface area contributed by atoms with Gasteiger partial charge in [0, 0.05) is 19.0 Å². The van der Waals surface area contributed by atoms with Crippen LogP contribution in [0, 0.1) is 0 Å². The molecule has 6 nitrogen and oxygen atoms in total. The van der Waals surface area contributed by atoms with E-state index in [4.69, 9.17) is 4.74 Å². The number of carbonyl (C=O) groups excluding carboxylic acids is 3. The van der Waals surface area contributed by atoms with E-state index in [1.165, 1.54) is 23.8 Å². The summed E-state index contributed by atoms with van der Waals surface area (Å²) in [6.07, 6.45) is 2.43. The molecule has 1 atom stereocenters. The molecule has 0 bridgehead atoms. The second-order valence-electron chi connectivity index (χ2n) is 5.40. The van der Waals surface area contributed by atoms with Crippen LogP contribution >= 0.6 is 23.5 Å². The largest absolute Gasteiger partial charge is 0.467 e. The Morgan fingerprint density at radius 1 is 1.24 bits per heavy atom. The number of esters is 1. The van der Waals surface area contributed by atoms with Crippen molar-refractivity contribution in [1.29, 1.82) is 0 Å². The quantitative estimate of drug-likeness (QED) is 0.518. The number of nitrogens with zero attached hydrogens (tertiary/aromatic N) is 1. The van der Waals surface area contributed by atoms with Crippen LogP contribution in [0.2, 0.25) is 0 Å². The van der Waals surface area contributed by atoms with Gasteiger partial charge in [-0.15, -0.1) is 11.8 Å². The van der Waals surface area contributed by atoms with Crippen molar-refractivity contribution in [1.82, 2.24) is 10.2 Å². The lowest BCUT2D eigenvalue weighted by atomic mass is 10.1. The van der Waals surface area contributed by atoms with Gasteiger partial charge in [0.05, 0.1) is 18.4 Å². The Morgan fingerprint density at radius 2 is 1.92 bits per heavy atom. The molecule has 25 heavy (non-hydrogen) atoms. The number of thioether (sulfide) groups is 2. The average Bonchev–Trinajstić information content (AvgIpc) is 2.62. The second-order valence-corrected chi connectivity index (χ2v) is 7.41. The van der Waals surface area contributed by atoms with Gasteiger partial charge in [0.25, 0.3) is 5.91 Å². The van der Waals surface area contributed by atoms with Crippen molar-refractivity contribution < 1.29 is 19.1 Å². The molecule has 1 rings (SSSR count). The van der Waals surface area contributed by atoms with E-state index >= 15 is 0 Å². The highest BCUT2D eigenvalue weighted by Crippen LogP contribution is 2.23. The lowest BCUT2D eigenvalue weighted by Crippen LogP contribution is -2.42. The van der Waals surface area contributed by atoms with E-state index in [1.54, 1.807) is 44.1 Å². The van der Waals surface area contributed by atoms with Gasteiger partial charge >= 0.3 is 5.97 Å². The van der Waals surface area contributed by atoms with Crippen LogP contribution < -0.4 is 5.32 Å². The maximum atomic E-state index is 12.6. The molecule has 0 radical (unpaired) electrons. The molecular formula is C17H24N2O4S2. The smallest absolute Gasteiger partial charge is 0.328 e. The van der Waals surface area contributed by atoms with Gasteiger partial charge < -0.3 is 15.0 Å². The van der Waals surface area contributed by atoms with E-state index in [0.717, 1.165) is 5.75 Å². The first kappa shape index (κ1) is 21.4. The Bertz CT molecular complexity index is 608. The van der Waals surface area contributed by atoms with Gasteiger partial charge in [-0.1, -0.05) is 12.1 Å². The molecule has 0 saturated carbocycles. The molecule has 0 heterocycles. The van der Waals surface area contributed by atoms with Gasteiger partial charge in [-0.25, -0.2) is 4.79 Å². The predicted molar refractivity (Wildman–Crippen MR) is 102 cm³/mol. The first-order chi connectivity index (χ1) is 11.9. The molecule has 1 N–H and O–H groups in total. The summed E-state index contributed by atoms with van der Waals surface area (Å²) >= 11 is 2.89. The highest BCUT2D eigenvalue weighted by molar-refractivity contribution is 8.00. The minimum absolute atomic E-state index is 0.0346. The Morgan fingerprint density at radius 3 is 2.52 bits per heavy atom. The third kappa shape index (κ3) is 6.99. The second kappa shape index (κ2) is 11.0. The number of carbonyl (C=O) groups is 3. The molecule has 8 heteroatoms. The van der Waals surface area contributed by atoms with Crippen LogP contribution in [0.25, 0.3) is 0 Å². The van der Waals surface area contributed by atoms with Crippen LogP contribution in [0.4, 0.5) is 0 Å². The van der Waals surface area contributed by atoms with Crippen molar-refractivity contribution in [2.75, 3.05) is 39.0 Å². The fourth-order valence-electron chi connectivity index (χ4n) is 1.91. The maximum Gasteiger partial charge on any atom is 0.328 e. The molecule has 0 aliphatic heterocycles. The normalized spacial score (nSPS) is 11.5. The van der Waals surface area contributed by atoms with Gasteiger partial charge in [0.2, 0.25) is 5.91 Å². The molecule has 138 valence electrons. The van der Waals surface area contributed by atoms with Gasteiger partial charge in [-0.05, 0) is 30.6 Å². The third-order valence-electron chi connectivity index (χ3n) is 3.38. The summed E-state index contributed by atoms with van der Waals surface area (Å²) < 4.78 is 4.76. The summed E-state index contributed by atoms with van der Waals surface area (Å²) in [5.74, 6) is 0.123. The number of methoxy groups -OCH3 is 1. The Kier molecular flexibility index (Phi) is 9.44. The van der Waals surface area contributed by atoms with E-state index in [1.807, 2.05) is 12.3 Å². The summed E-state index contributed by atoms with van der Waals surface area (Å²) in [4.78, 5) is 38.4. The molecule has 2 amide bonds. The van der Waals surface area contributed by atoms with E-state index in [9.17, 15) is 14.4 Å². The average molecular weight is 385 g/mol. The Hall–Kier alpha value is -1.67. The molecule has 0 aromatic heterocycles. The van der Waals surface area contributed by atoms with Crippen LogP contribution in [-0.4, -0.2) is 67.7 Å². The van der Waals surface area contributed by atoms with Gasteiger partial charge in [0.15, 0.2) is 0 Å². The molecule has 0 spiro atoms. The summed E-state index contributed by atoms with van der Waals surface area (Å²) in [5, 5.41) is 2.73. The molecule has 0 fully saturated rings. The zero-order valence-electron chi connectivity index (χ0n) is 14.9. The number of ether oxygens (including phenoxy) is 1. The summed E-state index contributed by atoms with van der Waals surface area (Å²) in [7, 11) is 4.68. The van der Waals surface area contributed by atoms with Gasteiger partial charge in [-0.2, -0.15) is 11.8 Å². The number of hydrogen-bond acceptors (Lipinski definition) is 6. The first-order valence-corrected chi connectivity index (χ1v) is 10.1. The molecular weight excluding hydrogens is 360 g/mol. The molecule has 1 aromatic carbocycles. The van der Waals surface area contributed by atoms with Gasteiger partial charge in [-0.3, -0.25) is 9.59 Å². The molecule has 0 aliphatic carbocycles. The van der Waals surface area contributed by atoms with Crippen LogP contribution in [0.15, 0.2) is 29.2 Å². The Labute approximate surface area is 157 Å². The van der Waals surface area contributed by atoms with Crippen LogP contribution in [-0.2, 0) is 14.3 Å². The monoisotopic (exact) mass is 384 g/mol. The maximum absolute atomic E-state index is 12.6. The SMILES string of the molecule is COC(=O)[C@@H](CCSC)NC(=O)c1ccccc1SCC(=O)N(C)C. The van der Waals surface area contributed by atoms with Crippen molar-refractivity contribution >= 4 is 41.3 Å². The van der Waals surface area contributed by atoms with E-state index in [0.29, 0.717) is 16.9 Å². The van der Waals surface area contributed by atoms with Crippen LogP contribution in [0.3, 0.4) is 0 Å². The molecule has 0 unspecified atom stereocenters. The minimum Gasteiger partial charge on any atom is -0.467 e. The highest BCUT2D eigenvalue weighted by Gasteiger charge is 2.23.